The summed E-state index contributed by atoms with van der Waals surface area (Å²) in [6.07, 6.45) is 2.30. The van der Waals surface area contributed by atoms with E-state index < -0.39 is 0 Å². The maximum Gasteiger partial charge on any atom is 0.306 e. The molecule has 1 saturated heterocycles. The summed E-state index contributed by atoms with van der Waals surface area (Å²) in [4.78, 5) is 11.8. The van der Waals surface area contributed by atoms with Gasteiger partial charge in [-0.3, -0.25) is 4.79 Å². The van der Waals surface area contributed by atoms with E-state index in [0.29, 0.717) is 12.3 Å². The van der Waals surface area contributed by atoms with Crippen molar-refractivity contribution in [3.63, 3.8) is 0 Å². The molecule has 1 aromatic rings. The lowest BCUT2D eigenvalue weighted by molar-refractivity contribution is -0.146. The van der Waals surface area contributed by atoms with Crippen LogP contribution in [0, 0.1) is 5.41 Å². The van der Waals surface area contributed by atoms with Crippen molar-refractivity contribution in [2.75, 3.05) is 0 Å². The van der Waals surface area contributed by atoms with E-state index in [1.165, 1.54) is 16.7 Å². The van der Waals surface area contributed by atoms with E-state index in [9.17, 15) is 4.79 Å². The zero-order chi connectivity index (χ0) is 14.3. The molecule has 2 nitrogen and oxygen atoms in total. The molecule has 2 aliphatic rings. The Morgan fingerprint density at radius 2 is 1.90 bits per heavy atom. The Morgan fingerprint density at radius 3 is 2.60 bits per heavy atom. The zero-order valence-electron chi connectivity index (χ0n) is 12.5. The molecule has 2 atom stereocenters. The lowest BCUT2D eigenvalue weighted by atomic mass is 9.77. The van der Waals surface area contributed by atoms with E-state index >= 15 is 0 Å². The van der Waals surface area contributed by atoms with Gasteiger partial charge in [0, 0.05) is 12.3 Å². The van der Waals surface area contributed by atoms with Crippen LogP contribution in [-0.2, 0) is 9.53 Å². The summed E-state index contributed by atoms with van der Waals surface area (Å²) in [6, 6.07) is 10.6. The summed E-state index contributed by atoms with van der Waals surface area (Å²) in [7, 11) is 0. The van der Waals surface area contributed by atoms with Gasteiger partial charge in [-0.2, -0.15) is 0 Å². The fourth-order valence-electron chi connectivity index (χ4n) is 3.87. The van der Waals surface area contributed by atoms with Gasteiger partial charge in [0.15, 0.2) is 0 Å². The zero-order valence-corrected chi connectivity index (χ0v) is 12.5. The molecule has 0 spiro atoms. The minimum atomic E-state index is -0.0420. The third kappa shape index (κ3) is 2.17. The van der Waals surface area contributed by atoms with E-state index in [0.717, 1.165) is 12.8 Å². The molecular weight excluding hydrogens is 248 g/mol. The smallest absolute Gasteiger partial charge is 0.306 e. The highest BCUT2D eigenvalue weighted by atomic mass is 16.5. The van der Waals surface area contributed by atoms with Crippen molar-refractivity contribution in [2.45, 2.75) is 52.1 Å². The maximum atomic E-state index is 11.8. The second-order valence-corrected chi connectivity index (χ2v) is 6.66. The molecule has 106 valence electrons. The predicted octanol–water partition coefficient (Wildman–Crippen LogP) is 4.22. The molecule has 0 N–H and O–H groups in total. The molecule has 0 aromatic heterocycles. The molecule has 0 saturated carbocycles. The van der Waals surface area contributed by atoms with Crippen molar-refractivity contribution >= 4 is 5.97 Å². The number of esters is 1. The molecule has 0 unspecified atom stereocenters. The van der Waals surface area contributed by atoms with Gasteiger partial charge in [0.05, 0.1) is 0 Å². The van der Waals surface area contributed by atoms with Crippen LogP contribution in [-0.4, -0.2) is 12.1 Å². The first-order valence-electron chi connectivity index (χ1n) is 7.44. The van der Waals surface area contributed by atoms with E-state index in [1.807, 2.05) is 6.07 Å². The number of benzene rings is 1. The summed E-state index contributed by atoms with van der Waals surface area (Å²) in [6.45, 7) is 6.70. The quantitative estimate of drug-likeness (QED) is 0.564. The van der Waals surface area contributed by atoms with Crippen LogP contribution in [0.5, 0.6) is 0 Å². The number of carbonyl (C=O) groups excluding carboxylic acids is 1. The van der Waals surface area contributed by atoms with E-state index in [4.69, 9.17) is 4.74 Å². The lowest BCUT2D eigenvalue weighted by Gasteiger charge is -2.27. The molecule has 3 rings (SSSR count). The number of hydrogen-bond acceptors (Lipinski definition) is 2. The highest BCUT2D eigenvalue weighted by Gasteiger charge is 2.43. The molecule has 0 amide bonds. The Bertz CT molecular complexity index is 554. The molecule has 1 aromatic carbocycles. The Hall–Kier alpha value is -1.57. The fraction of sp³-hybridized carbons (Fsp3) is 0.500. The van der Waals surface area contributed by atoms with Crippen LogP contribution in [0.25, 0.3) is 0 Å². The monoisotopic (exact) mass is 270 g/mol. The van der Waals surface area contributed by atoms with Gasteiger partial charge in [0.25, 0.3) is 0 Å². The van der Waals surface area contributed by atoms with E-state index in [1.54, 1.807) is 0 Å². The second-order valence-electron chi connectivity index (χ2n) is 6.66. The van der Waals surface area contributed by atoms with Gasteiger partial charge in [-0.05, 0) is 36.3 Å². The van der Waals surface area contributed by atoms with Crippen LogP contribution in [0.4, 0.5) is 0 Å². The van der Waals surface area contributed by atoms with Gasteiger partial charge in [0.2, 0.25) is 0 Å². The molecule has 1 aliphatic heterocycles. The Kier molecular flexibility index (Phi) is 3.19. The number of hydrogen-bond donors (Lipinski definition) is 0. The molecule has 0 bridgehead atoms. The minimum absolute atomic E-state index is 0.0230. The van der Waals surface area contributed by atoms with Crippen LogP contribution < -0.4 is 0 Å². The SMILES string of the molecule is CC1=C2[C@H](C[C@H]1c1ccccc1)OC(=O)CCC2(C)C. The number of allylic oxidation sites excluding steroid dienone is 1. The molecule has 1 aliphatic carbocycles. The normalized spacial score (nSPS) is 28.9. The van der Waals surface area contributed by atoms with Crippen molar-refractivity contribution in [3.05, 3.63) is 47.0 Å². The maximum absolute atomic E-state index is 11.8. The van der Waals surface area contributed by atoms with Gasteiger partial charge in [0.1, 0.15) is 6.10 Å². The lowest BCUT2D eigenvalue weighted by Crippen LogP contribution is -2.22. The summed E-state index contributed by atoms with van der Waals surface area (Å²) >= 11 is 0. The molecule has 1 fully saturated rings. The number of ether oxygens (including phenoxy) is 1. The van der Waals surface area contributed by atoms with Crippen molar-refractivity contribution in [3.8, 4) is 0 Å². The van der Waals surface area contributed by atoms with Gasteiger partial charge in [-0.15, -0.1) is 0 Å². The van der Waals surface area contributed by atoms with E-state index in [2.05, 4.69) is 45.0 Å². The van der Waals surface area contributed by atoms with E-state index in [-0.39, 0.29) is 17.5 Å². The first kappa shape index (κ1) is 13.4. The number of fused-ring (bicyclic) bond motifs is 1. The van der Waals surface area contributed by atoms with Gasteiger partial charge in [-0.25, -0.2) is 0 Å². The van der Waals surface area contributed by atoms with Crippen molar-refractivity contribution in [1.29, 1.82) is 0 Å². The summed E-state index contributed by atoms with van der Waals surface area (Å²) in [5.74, 6) is 0.348. The molecule has 0 radical (unpaired) electrons. The highest BCUT2D eigenvalue weighted by molar-refractivity contribution is 5.71. The first-order chi connectivity index (χ1) is 9.49. The number of carbonyl (C=O) groups is 1. The standard InChI is InChI=1S/C18H22O2/c1-12-14(13-7-5-4-6-8-13)11-15-17(12)18(2,3)10-9-16(19)20-15/h4-8,14-15H,9-11H2,1-3H3/t14-,15+/m1/s1. The molecule has 1 heterocycles. The molecule has 2 heteroatoms. The summed E-state index contributed by atoms with van der Waals surface area (Å²) in [5.41, 5.74) is 4.15. The second kappa shape index (κ2) is 4.76. The van der Waals surface area contributed by atoms with Crippen LogP contribution in [0.2, 0.25) is 0 Å². The van der Waals surface area contributed by atoms with Crippen LogP contribution in [0.3, 0.4) is 0 Å². The Balaban J connectivity index is 2.02. The third-order valence-corrected chi connectivity index (χ3v) is 4.88. The van der Waals surface area contributed by atoms with Crippen molar-refractivity contribution < 1.29 is 9.53 Å². The molecular formula is C18H22O2. The predicted molar refractivity (Wildman–Crippen MR) is 79.4 cm³/mol. The van der Waals surface area contributed by atoms with Crippen LogP contribution >= 0.6 is 0 Å². The minimum Gasteiger partial charge on any atom is -0.458 e. The Morgan fingerprint density at radius 1 is 1.20 bits per heavy atom. The van der Waals surface area contributed by atoms with Gasteiger partial charge in [-0.1, -0.05) is 49.8 Å². The largest absolute Gasteiger partial charge is 0.458 e. The number of rotatable bonds is 1. The van der Waals surface area contributed by atoms with Gasteiger partial charge < -0.3 is 4.74 Å². The summed E-state index contributed by atoms with van der Waals surface area (Å²) in [5, 5.41) is 0. The fourth-order valence-corrected chi connectivity index (χ4v) is 3.87. The Labute approximate surface area is 120 Å². The van der Waals surface area contributed by atoms with Crippen LogP contribution in [0.15, 0.2) is 41.5 Å². The third-order valence-electron chi connectivity index (χ3n) is 4.88. The summed E-state index contributed by atoms with van der Waals surface area (Å²) < 4.78 is 5.70. The first-order valence-corrected chi connectivity index (χ1v) is 7.44. The van der Waals surface area contributed by atoms with Crippen LogP contribution in [0.1, 0.15) is 51.5 Å². The van der Waals surface area contributed by atoms with Gasteiger partial charge >= 0.3 is 5.97 Å². The topological polar surface area (TPSA) is 26.3 Å². The average molecular weight is 270 g/mol. The highest BCUT2D eigenvalue weighted by Crippen LogP contribution is 2.50. The van der Waals surface area contributed by atoms with Crippen molar-refractivity contribution in [2.24, 2.45) is 5.41 Å². The average Bonchev–Trinajstić information content (AvgIpc) is 2.69. The molecule has 20 heavy (non-hydrogen) atoms. The van der Waals surface area contributed by atoms with Crippen molar-refractivity contribution in [1.82, 2.24) is 0 Å².